The SMILES string of the molecule is CCOC(=O)C1=C(CN2C[C@H](C)C[C@@H](C)C2)NC(=O)N[C@H]1c1cccc(OC)c1OC. The van der Waals surface area contributed by atoms with Crippen LogP contribution in [0.25, 0.3) is 0 Å². The first-order valence-corrected chi connectivity index (χ1v) is 10.8. The van der Waals surface area contributed by atoms with Gasteiger partial charge in [0.1, 0.15) is 0 Å². The van der Waals surface area contributed by atoms with Crippen LogP contribution in [-0.4, -0.2) is 57.4 Å². The Labute approximate surface area is 183 Å². The molecule has 0 spiro atoms. The van der Waals surface area contributed by atoms with Gasteiger partial charge in [0, 0.05) is 30.9 Å². The van der Waals surface area contributed by atoms with Crippen molar-refractivity contribution in [3.05, 3.63) is 35.0 Å². The van der Waals surface area contributed by atoms with Crippen LogP contribution in [0.15, 0.2) is 29.5 Å². The molecule has 0 bridgehead atoms. The van der Waals surface area contributed by atoms with E-state index in [0.717, 1.165) is 13.1 Å². The Morgan fingerprint density at radius 2 is 1.87 bits per heavy atom. The maximum Gasteiger partial charge on any atom is 0.338 e. The highest BCUT2D eigenvalue weighted by Gasteiger charge is 2.37. The van der Waals surface area contributed by atoms with Gasteiger partial charge >= 0.3 is 12.0 Å². The quantitative estimate of drug-likeness (QED) is 0.646. The third kappa shape index (κ3) is 5.12. The summed E-state index contributed by atoms with van der Waals surface area (Å²) in [6, 6.07) is 4.32. The Morgan fingerprint density at radius 1 is 1.16 bits per heavy atom. The van der Waals surface area contributed by atoms with Crippen LogP contribution in [-0.2, 0) is 9.53 Å². The lowest BCUT2D eigenvalue weighted by molar-refractivity contribution is -0.139. The molecule has 0 aliphatic carbocycles. The summed E-state index contributed by atoms with van der Waals surface area (Å²) in [5.74, 6) is 1.65. The van der Waals surface area contributed by atoms with E-state index in [2.05, 4.69) is 29.4 Å². The molecule has 0 unspecified atom stereocenters. The normalized spacial score (nSPS) is 24.3. The number of hydrogen-bond donors (Lipinski definition) is 2. The number of amides is 2. The number of carbonyl (C=O) groups is 2. The van der Waals surface area contributed by atoms with Crippen LogP contribution in [0, 0.1) is 11.8 Å². The molecule has 2 amide bonds. The molecule has 1 saturated heterocycles. The van der Waals surface area contributed by atoms with Gasteiger partial charge < -0.3 is 24.8 Å². The number of urea groups is 1. The number of carbonyl (C=O) groups excluding carboxylic acids is 2. The monoisotopic (exact) mass is 431 g/mol. The summed E-state index contributed by atoms with van der Waals surface area (Å²) in [7, 11) is 3.09. The van der Waals surface area contributed by atoms with E-state index in [9.17, 15) is 9.59 Å². The number of benzene rings is 1. The van der Waals surface area contributed by atoms with Crippen molar-refractivity contribution in [2.24, 2.45) is 11.8 Å². The molecule has 0 radical (unpaired) electrons. The molecule has 8 heteroatoms. The minimum absolute atomic E-state index is 0.239. The fourth-order valence-electron chi connectivity index (χ4n) is 4.71. The summed E-state index contributed by atoms with van der Waals surface area (Å²) in [5, 5.41) is 5.73. The second kappa shape index (κ2) is 10.0. The first-order chi connectivity index (χ1) is 14.9. The summed E-state index contributed by atoms with van der Waals surface area (Å²) in [4.78, 5) is 28.0. The van der Waals surface area contributed by atoms with Gasteiger partial charge in [-0.05, 0) is 31.2 Å². The lowest BCUT2D eigenvalue weighted by Gasteiger charge is -2.37. The van der Waals surface area contributed by atoms with Crippen molar-refractivity contribution in [2.75, 3.05) is 40.5 Å². The highest BCUT2D eigenvalue weighted by molar-refractivity contribution is 5.95. The number of nitrogens with one attached hydrogen (secondary N) is 2. The predicted molar refractivity (Wildman–Crippen MR) is 117 cm³/mol. The number of para-hydroxylation sites is 1. The average molecular weight is 432 g/mol. The molecule has 31 heavy (non-hydrogen) atoms. The smallest absolute Gasteiger partial charge is 0.338 e. The standard InChI is InChI=1S/C23H33N3O5/c1-6-31-22(27)19-17(13-26-11-14(2)10-15(3)12-26)24-23(28)25-20(19)16-8-7-9-18(29-4)21(16)30-5/h7-9,14-15,20H,6,10-13H2,1-5H3,(H2,24,25,28)/t14-,15-,20+/m1/s1. The Balaban J connectivity index is 2.06. The molecule has 1 aromatic carbocycles. The van der Waals surface area contributed by atoms with Gasteiger partial charge in [-0.25, -0.2) is 9.59 Å². The molecule has 1 fully saturated rings. The zero-order chi connectivity index (χ0) is 22.5. The second-order valence-corrected chi connectivity index (χ2v) is 8.37. The van der Waals surface area contributed by atoms with Crippen molar-refractivity contribution in [3.8, 4) is 11.5 Å². The van der Waals surface area contributed by atoms with E-state index >= 15 is 0 Å². The van der Waals surface area contributed by atoms with E-state index in [1.165, 1.54) is 13.5 Å². The molecule has 3 rings (SSSR count). The number of hydrogen-bond acceptors (Lipinski definition) is 6. The topological polar surface area (TPSA) is 89.1 Å². The van der Waals surface area contributed by atoms with Crippen LogP contribution in [0.3, 0.4) is 0 Å². The zero-order valence-electron chi connectivity index (χ0n) is 19.0. The molecule has 170 valence electrons. The molecule has 1 aromatic rings. The van der Waals surface area contributed by atoms with Gasteiger partial charge in [0.15, 0.2) is 11.5 Å². The highest BCUT2D eigenvalue weighted by Crippen LogP contribution is 2.39. The minimum atomic E-state index is -0.715. The number of piperidine rings is 1. The lowest BCUT2D eigenvalue weighted by atomic mass is 9.90. The maximum atomic E-state index is 13.1. The third-order valence-corrected chi connectivity index (χ3v) is 5.72. The molecule has 2 N–H and O–H groups in total. The van der Waals surface area contributed by atoms with Crippen LogP contribution in [0.5, 0.6) is 11.5 Å². The maximum absolute atomic E-state index is 13.1. The minimum Gasteiger partial charge on any atom is -0.493 e. The fourth-order valence-corrected chi connectivity index (χ4v) is 4.71. The molecule has 0 saturated carbocycles. The van der Waals surface area contributed by atoms with Gasteiger partial charge in [-0.3, -0.25) is 4.90 Å². The van der Waals surface area contributed by atoms with E-state index in [1.807, 2.05) is 6.07 Å². The Bertz CT molecular complexity index is 844. The van der Waals surface area contributed by atoms with E-state index in [-0.39, 0.29) is 12.6 Å². The zero-order valence-corrected chi connectivity index (χ0v) is 19.0. The second-order valence-electron chi connectivity index (χ2n) is 8.37. The first-order valence-electron chi connectivity index (χ1n) is 10.8. The first kappa shape index (κ1) is 22.9. The molecule has 2 aliphatic rings. The molecule has 2 heterocycles. The van der Waals surface area contributed by atoms with Crippen molar-refractivity contribution in [1.29, 1.82) is 0 Å². The molecule has 3 atom stereocenters. The van der Waals surface area contributed by atoms with Gasteiger partial charge in [0.05, 0.1) is 32.4 Å². The number of nitrogens with zero attached hydrogens (tertiary/aromatic N) is 1. The molecule has 8 nitrogen and oxygen atoms in total. The Kier molecular flexibility index (Phi) is 7.43. The Morgan fingerprint density at radius 3 is 2.48 bits per heavy atom. The number of esters is 1. The van der Waals surface area contributed by atoms with Gasteiger partial charge in [0.2, 0.25) is 0 Å². The van der Waals surface area contributed by atoms with Crippen LogP contribution in [0.1, 0.15) is 38.8 Å². The summed E-state index contributed by atoms with van der Waals surface area (Å²) >= 11 is 0. The Hall–Kier alpha value is -2.74. The van der Waals surface area contributed by atoms with Crippen molar-refractivity contribution in [2.45, 2.75) is 33.2 Å². The number of likely N-dealkylation sites (tertiary alicyclic amines) is 1. The number of rotatable bonds is 7. The van der Waals surface area contributed by atoms with E-state index < -0.39 is 12.0 Å². The van der Waals surface area contributed by atoms with Gasteiger partial charge in [-0.2, -0.15) is 0 Å². The molecular weight excluding hydrogens is 398 g/mol. The van der Waals surface area contributed by atoms with Crippen LogP contribution >= 0.6 is 0 Å². The van der Waals surface area contributed by atoms with E-state index in [4.69, 9.17) is 14.2 Å². The van der Waals surface area contributed by atoms with Gasteiger partial charge in [0.25, 0.3) is 0 Å². The van der Waals surface area contributed by atoms with Crippen LogP contribution in [0.2, 0.25) is 0 Å². The average Bonchev–Trinajstić information content (AvgIpc) is 2.71. The van der Waals surface area contributed by atoms with Crippen molar-refractivity contribution >= 4 is 12.0 Å². The lowest BCUT2D eigenvalue weighted by Crippen LogP contribution is -2.50. The molecule has 2 aliphatic heterocycles. The van der Waals surface area contributed by atoms with Crippen LogP contribution < -0.4 is 20.1 Å². The van der Waals surface area contributed by atoms with E-state index in [0.29, 0.717) is 46.7 Å². The summed E-state index contributed by atoms with van der Waals surface area (Å²) in [5.41, 5.74) is 1.59. The van der Waals surface area contributed by atoms with Gasteiger partial charge in [-0.1, -0.05) is 26.0 Å². The summed E-state index contributed by atoms with van der Waals surface area (Å²) in [6.45, 7) is 8.77. The molecule has 0 aromatic heterocycles. The summed E-state index contributed by atoms with van der Waals surface area (Å²) in [6.07, 6.45) is 1.18. The van der Waals surface area contributed by atoms with Crippen molar-refractivity contribution in [1.82, 2.24) is 15.5 Å². The number of ether oxygens (including phenoxy) is 3. The van der Waals surface area contributed by atoms with Crippen molar-refractivity contribution < 1.29 is 23.8 Å². The largest absolute Gasteiger partial charge is 0.493 e. The van der Waals surface area contributed by atoms with Crippen molar-refractivity contribution in [3.63, 3.8) is 0 Å². The van der Waals surface area contributed by atoms with E-state index in [1.54, 1.807) is 26.2 Å². The highest BCUT2D eigenvalue weighted by atomic mass is 16.5. The summed E-state index contributed by atoms with van der Waals surface area (Å²) < 4.78 is 16.4. The predicted octanol–water partition coefficient (Wildman–Crippen LogP) is 2.85. The van der Waals surface area contributed by atoms with Gasteiger partial charge in [-0.15, -0.1) is 0 Å². The van der Waals surface area contributed by atoms with Crippen LogP contribution in [0.4, 0.5) is 4.79 Å². The third-order valence-electron chi connectivity index (χ3n) is 5.72. The number of methoxy groups -OCH3 is 2. The fraction of sp³-hybridized carbons (Fsp3) is 0.565. The molecular formula is C23H33N3O5.